The summed E-state index contributed by atoms with van der Waals surface area (Å²) in [5.74, 6) is 0. The van der Waals surface area contributed by atoms with Crippen LogP contribution in [0.3, 0.4) is 0 Å². The number of pyridine rings is 1. The molecule has 4 nitrogen and oxygen atoms in total. The topological polar surface area (TPSA) is 59.1 Å². The molecular weight excluding hydrogens is 400 g/mol. The number of rotatable bonds is 5. The number of aromatic nitrogens is 1. The minimum absolute atomic E-state index is 0.107. The number of hydrogen-bond acceptors (Lipinski definition) is 4. The summed E-state index contributed by atoms with van der Waals surface area (Å²) in [7, 11) is -3.67. The van der Waals surface area contributed by atoms with Crippen LogP contribution >= 0.6 is 11.8 Å². The first-order valence-corrected chi connectivity index (χ1v) is 11.7. The second kappa shape index (κ2) is 7.30. The van der Waals surface area contributed by atoms with Crippen molar-refractivity contribution in [1.29, 1.82) is 0 Å². The summed E-state index contributed by atoms with van der Waals surface area (Å²) in [6, 6.07) is 26.2. The van der Waals surface area contributed by atoms with Crippen LogP contribution in [0.5, 0.6) is 0 Å². The van der Waals surface area contributed by atoms with E-state index in [2.05, 4.69) is 27.9 Å². The molecular formula is C23H18N2O2S2. The van der Waals surface area contributed by atoms with Crippen LogP contribution in [0.15, 0.2) is 101 Å². The minimum atomic E-state index is -3.67. The maximum Gasteiger partial charge on any atom is 0.241 e. The van der Waals surface area contributed by atoms with Crippen molar-refractivity contribution < 1.29 is 8.42 Å². The van der Waals surface area contributed by atoms with Crippen LogP contribution in [0.4, 0.5) is 0 Å². The Morgan fingerprint density at radius 1 is 0.793 bits per heavy atom. The number of sulfonamides is 1. The van der Waals surface area contributed by atoms with Gasteiger partial charge in [-0.3, -0.25) is 0 Å². The molecule has 0 aliphatic heterocycles. The molecule has 5 rings (SSSR count). The SMILES string of the molecule is O=S(=O)(N[C@H]1c2cccc3cccc(c23)[C@H]1Sc1ccccn1)c1ccccc1. The Balaban J connectivity index is 1.61. The van der Waals surface area contributed by atoms with Gasteiger partial charge in [0.05, 0.1) is 21.2 Å². The molecule has 0 radical (unpaired) electrons. The van der Waals surface area contributed by atoms with Gasteiger partial charge in [-0.25, -0.2) is 18.1 Å². The van der Waals surface area contributed by atoms with Gasteiger partial charge in [0, 0.05) is 6.20 Å². The number of nitrogens with zero attached hydrogens (tertiary/aromatic N) is 1. The highest BCUT2D eigenvalue weighted by Crippen LogP contribution is 2.53. The molecule has 4 aromatic rings. The zero-order chi connectivity index (χ0) is 19.8. The molecule has 1 N–H and O–H groups in total. The summed E-state index contributed by atoms with van der Waals surface area (Å²) in [5.41, 5.74) is 2.14. The maximum atomic E-state index is 13.1. The molecule has 0 amide bonds. The maximum absolute atomic E-state index is 13.1. The Labute approximate surface area is 174 Å². The molecule has 0 bridgehead atoms. The van der Waals surface area contributed by atoms with Crippen molar-refractivity contribution in [3.63, 3.8) is 0 Å². The second-order valence-electron chi connectivity index (χ2n) is 6.91. The van der Waals surface area contributed by atoms with Crippen molar-refractivity contribution in [1.82, 2.24) is 9.71 Å². The fourth-order valence-electron chi connectivity index (χ4n) is 3.88. The zero-order valence-electron chi connectivity index (χ0n) is 15.4. The zero-order valence-corrected chi connectivity index (χ0v) is 17.0. The lowest BCUT2D eigenvalue weighted by Crippen LogP contribution is -2.30. The van der Waals surface area contributed by atoms with Gasteiger partial charge in [-0.2, -0.15) is 0 Å². The second-order valence-corrected chi connectivity index (χ2v) is 9.79. The van der Waals surface area contributed by atoms with Crippen molar-refractivity contribution in [2.75, 3.05) is 0 Å². The quantitative estimate of drug-likeness (QED) is 0.490. The van der Waals surface area contributed by atoms with Gasteiger partial charge in [0.25, 0.3) is 0 Å². The van der Waals surface area contributed by atoms with Gasteiger partial charge in [0.15, 0.2) is 0 Å². The van der Waals surface area contributed by atoms with Crippen molar-refractivity contribution in [2.45, 2.75) is 21.2 Å². The molecule has 1 aliphatic carbocycles. The molecule has 3 aromatic carbocycles. The van der Waals surface area contributed by atoms with Crippen molar-refractivity contribution in [2.24, 2.45) is 0 Å². The average Bonchev–Trinajstić information content (AvgIpc) is 3.04. The largest absolute Gasteiger partial charge is 0.250 e. The van der Waals surface area contributed by atoms with E-state index in [1.54, 1.807) is 42.2 Å². The summed E-state index contributed by atoms with van der Waals surface area (Å²) < 4.78 is 29.2. The number of benzene rings is 3. The molecule has 0 unspecified atom stereocenters. The third-order valence-electron chi connectivity index (χ3n) is 5.13. The van der Waals surface area contributed by atoms with Crippen molar-refractivity contribution in [3.05, 3.63) is 102 Å². The van der Waals surface area contributed by atoms with Crippen LogP contribution in [0.1, 0.15) is 22.4 Å². The van der Waals surface area contributed by atoms with Gasteiger partial charge in [-0.15, -0.1) is 0 Å². The van der Waals surface area contributed by atoms with E-state index in [0.717, 1.165) is 26.9 Å². The van der Waals surface area contributed by atoms with E-state index in [1.807, 2.05) is 42.5 Å². The Bertz CT molecular complexity index is 1270. The lowest BCUT2D eigenvalue weighted by molar-refractivity contribution is 0.557. The summed E-state index contributed by atoms with van der Waals surface area (Å²) in [5, 5.41) is 3.01. The van der Waals surface area contributed by atoms with Gasteiger partial charge in [-0.1, -0.05) is 72.4 Å². The Morgan fingerprint density at radius 3 is 2.24 bits per heavy atom. The number of nitrogens with one attached hydrogen (secondary N) is 1. The molecule has 1 aliphatic rings. The first-order valence-electron chi connectivity index (χ1n) is 9.30. The monoisotopic (exact) mass is 418 g/mol. The lowest BCUT2D eigenvalue weighted by Gasteiger charge is -2.22. The van der Waals surface area contributed by atoms with Crippen LogP contribution < -0.4 is 4.72 Å². The first kappa shape index (κ1) is 18.4. The van der Waals surface area contributed by atoms with E-state index >= 15 is 0 Å². The van der Waals surface area contributed by atoms with E-state index in [9.17, 15) is 8.42 Å². The standard InChI is InChI=1S/C23H18N2O2S2/c26-29(27,17-10-2-1-3-11-17)25-22-18-12-6-8-16-9-7-13-19(21(16)18)23(22)28-20-14-4-5-15-24-20/h1-15,22-23,25H/t22-,23+/m0/s1. The Morgan fingerprint density at radius 2 is 1.52 bits per heavy atom. The van der Waals surface area contributed by atoms with Crippen LogP contribution in [0.2, 0.25) is 0 Å². The number of hydrogen-bond donors (Lipinski definition) is 1. The molecule has 29 heavy (non-hydrogen) atoms. The highest BCUT2D eigenvalue weighted by Gasteiger charge is 2.38. The van der Waals surface area contributed by atoms with E-state index in [0.29, 0.717) is 0 Å². The normalized spacial score (nSPS) is 18.2. The summed E-state index contributed by atoms with van der Waals surface area (Å²) in [4.78, 5) is 4.71. The van der Waals surface area contributed by atoms with Gasteiger partial charge >= 0.3 is 0 Å². The minimum Gasteiger partial charge on any atom is -0.250 e. The molecule has 2 atom stereocenters. The van der Waals surface area contributed by atoms with Crippen LogP contribution in [0.25, 0.3) is 10.8 Å². The van der Waals surface area contributed by atoms with Gasteiger partial charge in [-0.05, 0) is 46.2 Å². The van der Waals surface area contributed by atoms with E-state index in [4.69, 9.17) is 0 Å². The summed E-state index contributed by atoms with van der Waals surface area (Å²) >= 11 is 1.59. The fourth-order valence-corrected chi connectivity index (χ4v) is 6.43. The van der Waals surface area contributed by atoms with Gasteiger partial charge < -0.3 is 0 Å². The van der Waals surface area contributed by atoms with Crippen molar-refractivity contribution in [3.8, 4) is 0 Å². The number of thioether (sulfide) groups is 1. The smallest absolute Gasteiger partial charge is 0.241 e. The first-order chi connectivity index (χ1) is 14.1. The molecule has 6 heteroatoms. The lowest BCUT2D eigenvalue weighted by atomic mass is 10.1. The third kappa shape index (κ3) is 3.33. The molecule has 1 heterocycles. The predicted octanol–water partition coefficient (Wildman–Crippen LogP) is 5.10. The van der Waals surface area contributed by atoms with Crippen LogP contribution in [-0.4, -0.2) is 13.4 Å². The molecule has 0 fully saturated rings. The van der Waals surface area contributed by atoms with E-state index in [1.165, 1.54) is 0 Å². The van der Waals surface area contributed by atoms with E-state index < -0.39 is 10.0 Å². The molecule has 1 aromatic heterocycles. The fraction of sp³-hybridized carbons (Fsp3) is 0.0870. The third-order valence-corrected chi connectivity index (χ3v) is 7.85. The predicted molar refractivity (Wildman–Crippen MR) is 116 cm³/mol. The van der Waals surface area contributed by atoms with Gasteiger partial charge in [0.1, 0.15) is 0 Å². The molecule has 0 spiro atoms. The Hall–Kier alpha value is -2.67. The van der Waals surface area contributed by atoms with E-state index in [-0.39, 0.29) is 16.2 Å². The molecule has 144 valence electrons. The molecule has 0 saturated carbocycles. The molecule has 0 saturated heterocycles. The van der Waals surface area contributed by atoms with Crippen molar-refractivity contribution >= 4 is 32.6 Å². The Kier molecular flexibility index (Phi) is 4.62. The average molecular weight is 419 g/mol. The highest BCUT2D eigenvalue weighted by atomic mass is 32.2. The van der Waals surface area contributed by atoms with Crippen LogP contribution in [-0.2, 0) is 10.0 Å². The summed E-state index contributed by atoms with van der Waals surface area (Å²) in [6.45, 7) is 0. The summed E-state index contributed by atoms with van der Waals surface area (Å²) in [6.07, 6.45) is 1.76. The van der Waals surface area contributed by atoms with Crippen LogP contribution in [0, 0.1) is 0 Å². The highest BCUT2D eigenvalue weighted by molar-refractivity contribution is 7.99. The van der Waals surface area contributed by atoms with Gasteiger partial charge in [0.2, 0.25) is 10.0 Å².